The molecule has 0 fully saturated rings. The second kappa shape index (κ2) is 15.6. The summed E-state index contributed by atoms with van der Waals surface area (Å²) in [7, 11) is 8.05. The van der Waals surface area contributed by atoms with Gasteiger partial charge in [0.15, 0.2) is 11.6 Å². The van der Waals surface area contributed by atoms with Crippen LogP contribution in [0.5, 0.6) is 0 Å². The number of hydrogen-bond acceptors (Lipinski definition) is 12. The molecule has 13 heteroatoms. The molecule has 1 aliphatic rings. The minimum absolute atomic E-state index is 0.203. The lowest BCUT2D eigenvalue weighted by atomic mass is 9.84. The van der Waals surface area contributed by atoms with Gasteiger partial charge in [-0.25, -0.2) is 0 Å². The number of nitrogens with one attached hydrogen (secondary N) is 5. The third kappa shape index (κ3) is 8.71. The average molecular weight is 685 g/mol. The van der Waals surface area contributed by atoms with Gasteiger partial charge in [0.25, 0.3) is 5.91 Å². The number of likely N-dealkylation sites (N-methyl/N-ethyl adjacent to an activating group) is 2. The molecule has 1 aromatic heterocycles. The highest BCUT2D eigenvalue weighted by Gasteiger charge is 2.29. The fraction of sp³-hybridized carbons (Fsp3) is 0.211. The van der Waals surface area contributed by atoms with Gasteiger partial charge in [-0.3, -0.25) is 14.4 Å². The van der Waals surface area contributed by atoms with E-state index in [0.29, 0.717) is 58.9 Å². The topological polar surface area (TPSA) is 157 Å². The van der Waals surface area contributed by atoms with Gasteiger partial charge in [-0.05, 0) is 94.9 Å². The summed E-state index contributed by atoms with van der Waals surface area (Å²) in [5, 5.41) is 16.0. The van der Waals surface area contributed by atoms with Gasteiger partial charge in [0.2, 0.25) is 17.8 Å². The van der Waals surface area contributed by atoms with Crippen LogP contribution in [0.3, 0.4) is 0 Å². The molecule has 0 spiro atoms. The summed E-state index contributed by atoms with van der Waals surface area (Å²) >= 11 is 0. The van der Waals surface area contributed by atoms with Crippen molar-refractivity contribution in [1.82, 2.24) is 24.8 Å². The van der Waals surface area contributed by atoms with E-state index in [1.54, 1.807) is 54.6 Å². The minimum Gasteiger partial charge on any atom is -0.356 e. The molecule has 0 radical (unpaired) electrons. The van der Waals surface area contributed by atoms with E-state index >= 15 is 0 Å². The first kappa shape index (κ1) is 34.7. The molecule has 260 valence electrons. The highest BCUT2D eigenvalue weighted by molar-refractivity contribution is 6.28. The largest absolute Gasteiger partial charge is 0.356 e. The maximum Gasteiger partial charge on any atom is 0.255 e. The van der Waals surface area contributed by atoms with E-state index in [2.05, 4.69) is 51.3 Å². The van der Waals surface area contributed by atoms with E-state index in [0.717, 1.165) is 30.2 Å². The van der Waals surface area contributed by atoms with Gasteiger partial charge in [-0.2, -0.15) is 15.0 Å². The Bertz CT molecular complexity index is 2010. The van der Waals surface area contributed by atoms with Gasteiger partial charge in [0.1, 0.15) is 0 Å². The molecule has 4 aromatic carbocycles. The molecule has 1 amide bonds. The molecule has 0 saturated heterocycles. The summed E-state index contributed by atoms with van der Waals surface area (Å²) in [6.45, 7) is 3.05. The highest BCUT2D eigenvalue weighted by Crippen LogP contribution is 2.29. The van der Waals surface area contributed by atoms with Gasteiger partial charge in [-0.15, -0.1) is 0 Å². The maximum atomic E-state index is 13.1. The Morgan fingerprint density at radius 1 is 0.549 bits per heavy atom. The van der Waals surface area contributed by atoms with Crippen LogP contribution in [0.1, 0.15) is 42.2 Å². The monoisotopic (exact) mass is 684 g/mol. The van der Waals surface area contributed by atoms with Crippen LogP contribution >= 0.6 is 0 Å². The fourth-order valence-corrected chi connectivity index (χ4v) is 5.39. The average Bonchev–Trinajstić information content (AvgIpc) is 3.11. The van der Waals surface area contributed by atoms with Crippen LogP contribution in [0.2, 0.25) is 0 Å². The van der Waals surface area contributed by atoms with Crippen molar-refractivity contribution in [3.63, 3.8) is 0 Å². The second-order valence-corrected chi connectivity index (χ2v) is 12.6. The third-order valence-electron chi connectivity index (χ3n) is 8.08. The number of benzene rings is 4. The standard InChI is InChI=1S/C38H40N10O3/c1-47(2)21-19-39-36-44-37(40-20-22-48(3)4)46-38(45-36)43-27-15-13-26(14-16-27)41-25-11-9-24(10-12-25)35(51)42-28-17-18-31-32(23-28)34(50)30-8-6-5-7-29(30)33(31)49/h5-18,23,41H,19-22H2,1-4H3,(H,42,51)(H3,39,40,43,44,45,46). The number of carbonyl (C=O) groups excluding carboxylic acids is 3. The van der Waals surface area contributed by atoms with Crippen LogP contribution in [0.25, 0.3) is 0 Å². The van der Waals surface area contributed by atoms with Gasteiger partial charge < -0.3 is 36.4 Å². The summed E-state index contributed by atoms with van der Waals surface area (Å²) in [6, 6.07) is 26.3. The zero-order valence-corrected chi connectivity index (χ0v) is 28.9. The first-order valence-corrected chi connectivity index (χ1v) is 16.5. The predicted molar refractivity (Wildman–Crippen MR) is 201 cm³/mol. The van der Waals surface area contributed by atoms with Crippen LogP contribution < -0.4 is 26.6 Å². The summed E-state index contributed by atoms with van der Waals surface area (Å²) in [5.74, 6) is 0.606. The number of ketones is 2. The molecule has 1 aliphatic carbocycles. The smallest absolute Gasteiger partial charge is 0.255 e. The Kier molecular flexibility index (Phi) is 10.6. The lowest BCUT2D eigenvalue weighted by Gasteiger charge is -2.18. The number of anilines is 7. The molecule has 0 atom stereocenters. The molecule has 13 nitrogen and oxygen atoms in total. The number of amides is 1. The van der Waals surface area contributed by atoms with Crippen molar-refractivity contribution in [3.8, 4) is 0 Å². The van der Waals surface area contributed by atoms with Crippen LogP contribution in [0.4, 0.5) is 40.6 Å². The van der Waals surface area contributed by atoms with Crippen molar-refractivity contribution >= 4 is 58.1 Å². The Hall–Kier alpha value is -6.18. The zero-order chi connectivity index (χ0) is 35.9. The Morgan fingerprint density at radius 2 is 1.00 bits per heavy atom. The molecule has 5 N–H and O–H groups in total. The quantitative estimate of drug-likeness (QED) is 0.101. The molecule has 0 bridgehead atoms. The van der Waals surface area contributed by atoms with E-state index in [9.17, 15) is 14.4 Å². The van der Waals surface area contributed by atoms with E-state index < -0.39 is 0 Å². The van der Waals surface area contributed by atoms with Gasteiger partial charge in [0, 0.05) is 76.7 Å². The number of fused-ring (bicyclic) bond motifs is 2. The molecule has 51 heavy (non-hydrogen) atoms. The van der Waals surface area contributed by atoms with Gasteiger partial charge in [0.05, 0.1) is 0 Å². The van der Waals surface area contributed by atoms with Crippen molar-refractivity contribution in [2.24, 2.45) is 0 Å². The van der Waals surface area contributed by atoms with Gasteiger partial charge >= 0.3 is 0 Å². The normalized spacial score (nSPS) is 12.0. The van der Waals surface area contributed by atoms with E-state index in [-0.39, 0.29) is 23.0 Å². The molecule has 0 unspecified atom stereocenters. The van der Waals surface area contributed by atoms with Crippen molar-refractivity contribution in [3.05, 3.63) is 119 Å². The summed E-state index contributed by atoms with van der Waals surface area (Å²) in [6.07, 6.45) is 0. The SMILES string of the molecule is CN(C)CCNc1nc(NCCN(C)C)nc(Nc2ccc(Nc3ccc(C(=O)Nc4ccc5c(c4)C(=O)c4ccccc4C5=O)cc3)cc2)n1. The number of rotatable bonds is 14. The summed E-state index contributed by atoms with van der Waals surface area (Å²) < 4.78 is 0. The van der Waals surface area contributed by atoms with Crippen LogP contribution in [0.15, 0.2) is 91.0 Å². The minimum atomic E-state index is -0.336. The second-order valence-electron chi connectivity index (χ2n) is 12.6. The van der Waals surface area contributed by atoms with Crippen molar-refractivity contribution in [2.75, 3.05) is 81.0 Å². The third-order valence-corrected chi connectivity index (χ3v) is 8.08. The zero-order valence-electron chi connectivity index (χ0n) is 28.9. The summed E-state index contributed by atoms with van der Waals surface area (Å²) in [4.78, 5) is 56.8. The molecule has 1 heterocycles. The lowest BCUT2D eigenvalue weighted by molar-refractivity contribution is 0.0979. The molecular weight excluding hydrogens is 644 g/mol. The summed E-state index contributed by atoms with van der Waals surface area (Å²) in [5.41, 5.74) is 4.68. The number of carbonyl (C=O) groups is 3. The molecule has 0 aliphatic heterocycles. The molecular formula is C38H40N10O3. The number of hydrogen-bond donors (Lipinski definition) is 5. The van der Waals surface area contributed by atoms with Crippen LogP contribution in [-0.4, -0.2) is 96.6 Å². The molecule has 6 rings (SSSR count). The lowest BCUT2D eigenvalue weighted by Crippen LogP contribution is -2.23. The Morgan fingerprint density at radius 3 is 1.55 bits per heavy atom. The van der Waals surface area contributed by atoms with E-state index in [1.807, 2.05) is 64.6 Å². The van der Waals surface area contributed by atoms with E-state index in [4.69, 9.17) is 0 Å². The molecule has 5 aromatic rings. The highest BCUT2D eigenvalue weighted by atomic mass is 16.2. The fourth-order valence-electron chi connectivity index (χ4n) is 5.39. The van der Waals surface area contributed by atoms with E-state index in [1.165, 1.54) is 0 Å². The predicted octanol–water partition coefficient (Wildman–Crippen LogP) is 5.33. The molecule has 0 saturated carbocycles. The van der Waals surface area contributed by atoms with Crippen molar-refractivity contribution < 1.29 is 14.4 Å². The first-order chi connectivity index (χ1) is 24.6. The van der Waals surface area contributed by atoms with Crippen molar-refractivity contribution in [1.29, 1.82) is 0 Å². The Balaban J connectivity index is 1.06. The Labute approximate surface area is 296 Å². The van der Waals surface area contributed by atoms with Crippen molar-refractivity contribution in [2.45, 2.75) is 0 Å². The van der Waals surface area contributed by atoms with Crippen LogP contribution in [-0.2, 0) is 0 Å². The maximum absolute atomic E-state index is 13.1. The van der Waals surface area contributed by atoms with Gasteiger partial charge in [-0.1, -0.05) is 24.3 Å². The van der Waals surface area contributed by atoms with Crippen LogP contribution in [0, 0.1) is 0 Å². The number of nitrogens with zero attached hydrogens (tertiary/aromatic N) is 5. The number of aromatic nitrogens is 3. The first-order valence-electron chi connectivity index (χ1n) is 16.5.